The van der Waals surface area contributed by atoms with E-state index in [0.717, 1.165) is 12.0 Å². The van der Waals surface area contributed by atoms with Crippen LogP contribution in [0.2, 0.25) is 5.02 Å². The second-order valence-electron chi connectivity index (χ2n) is 6.71. The van der Waals surface area contributed by atoms with Crippen LogP contribution < -0.4 is 10.1 Å². The van der Waals surface area contributed by atoms with Crippen LogP contribution in [0.5, 0.6) is 5.75 Å². The Morgan fingerprint density at radius 2 is 2.17 bits per heavy atom. The molecule has 0 bridgehead atoms. The van der Waals surface area contributed by atoms with Gasteiger partial charge in [0.1, 0.15) is 5.75 Å². The number of benzene rings is 1. The lowest BCUT2D eigenvalue weighted by atomic mass is 10.1. The fraction of sp³-hybridized carbons (Fsp3) is 0.556. The Kier molecular flexibility index (Phi) is 6.10. The summed E-state index contributed by atoms with van der Waals surface area (Å²) >= 11 is 6.08. The lowest BCUT2D eigenvalue weighted by Crippen LogP contribution is -2.29. The van der Waals surface area contributed by atoms with Gasteiger partial charge in [-0.05, 0) is 30.9 Å². The van der Waals surface area contributed by atoms with Crippen molar-refractivity contribution >= 4 is 29.1 Å². The maximum Gasteiger partial charge on any atom is 0.229 e. The van der Waals surface area contributed by atoms with Crippen LogP contribution in [0.15, 0.2) is 12.1 Å². The van der Waals surface area contributed by atoms with Gasteiger partial charge in [0.2, 0.25) is 11.8 Å². The molecule has 24 heavy (non-hydrogen) atoms. The molecule has 1 aliphatic heterocycles. The normalized spacial score (nSPS) is 17.5. The van der Waals surface area contributed by atoms with E-state index in [9.17, 15) is 9.59 Å². The number of hydrogen-bond acceptors (Lipinski definition) is 3. The molecule has 1 unspecified atom stereocenters. The van der Waals surface area contributed by atoms with Gasteiger partial charge in [0, 0.05) is 30.6 Å². The monoisotopic (exact) mass is 352 g/mol. The molecule has 0 aromatic heterocycles. The minimum absolute atomic E-state index is 0.0510. The van der Waals surface area contributed by atoms with Gasteiger partial charge in [-0.3, -0.25) is 9.59 Å². The summed E-state index contributed by atoms with van der Waals surface area (Å²) in [5.41, 5.74) is 1.44. The van der Waals surface area contributed by atoms with E-state index in [2.05, 4.69) is 19.2 Å². The zero-order valence-corrected chi connectivity index (χ0v) is 15.4. The first-order valence-corrected chi connectivity index (χ1v) is 8.62. The first kappa shape index (κ1) is 18.6. The predicted octanol–water partition coefficient (Wildman–Crippen LogP) is 3.49. The molecule has 2 amide bonds. The lowest BCUT2D eigenvalue weighted by molar-refractivity contribution is -0.128. The molecule has 5 nitrogen and oxygen atoms in total. The zero-order chi connectivity index (χ0) is 17.9. The fourth-order valence-corrected chi connectivity index (χ4v) is 2.90. The van der Waals surface area contributed by atoms with Crippen molar-refractivity contribution in [3.8, 4) is 5.75 Å². The van der Waals surface area contributed by atoms with Gasteiger partial charge in [-0.1, -0.05) is 25.4 Å². The molecule has 1 heterocycles. The van der Waals surface area contributed by atoms with Crippen LogP contribution in [0.25, 0.3) is 0 Å². The molecular formula is C18H25ClN2O3. The van der Waals surface area contributed by atoms with Crippen LogP contribution in [0, 0.1) is 18.8 Å². The van der Waals surface area contributed by atoms with E-state index in [1.165, 1.54) is 7.11 Å². The van der Waals surface area contributed by atoms with E-state index in [4.69, 9.17) is 16.3 Å². The van der Waals surface area contributed by atoms with Crippen LogP contribution in [0.4, 0.5) is 5.69 Å². The molecule has 1 N–H and O–H groups in total. The van der Waals surface area contributed by atoms with Gasteiger partial charge >= 0.3 is 0 Å². The Morgan fingerprint density at radius 1 is 1.46 bits per heavy atom. The number of carbonyl (C=O) groups excluding carboxylic acids is 2. The highest BCUT2D eigenvalue weighted by Crippen LogP contribution is 2.32. The largest absolute Gasteiger partial charge is 0.495 e. The topological polar surface area (TPSA) is 58.6 Å². The maximum absolute atomic E-state index is 12.5. The zero-order valence-electron chi connectivity index (χ0n) is 14.7. The highest BCUT2D eigenvalue weighted by Gasteiger charge is 2.34. The number of likely N-dealkylation sites (tertiary alicyclic amines) is 1. The number of carbonyl (C=O) groups is 2. The second-order valence-corrected chi connectivity index (χ2v) is 7.12. The summed E-state index contributed by atoms with van der Waals surface area (Å²) < 4.78 is 5.28. The van der Waals surface area contributed by atoms with Crippen molar-refractivity contribution in [2.75, 3.05) is 25.5 Å². The van der Waals surface area contributed by atoms with Crippen LogP contribution in [-0.4, -0.2) is 36.9 Å². The number of hydrogen-bond donors (Lipinski definition) is 1. The molecule has 0 spiro atoms. The third-order valence-electron chi connectivity index (χ3n) is 4.30. The molecule has 0 saturated carbocycles. The highest BCUT2D eigenvalue weighted by molar-refractivity contribution is 6.31. The van der Waals surface area contributed by atoms with E-state index >= 15 is 0 Å². The number of nitrogens with zero attached hydrogens (tertiary/aromatic N) is 1. The van der Waals surface area contributed by atoms with Gasteiger partial charge in [-0.15, -0.1) is 0 Å². The molecule has 1 aromatic carbocycles. The minimum Gasteiger partial charge on any atom is -0.495 e. The first-order valence-electron chi connectivity index (χ1n) is 8.24. The fourth-order valence-electron chi connectivity index (χ4n) is 2.74. The molecule has 6 heteroatoms. The molecule has 2 rings (SSSR count). The van der Waals surface area contributed by atoms with Crippen LogP contribution in [0.3, 0.4) is 0 Å². The number of anilines is 1. The average molecular weight is 353 g/mol. The van der Waals surface area contributed by atoms with Gasteiger partial charge in [-0.2, -0.15) is 0 Å². The van der Waals surface area contributed by atoms with Crippen molar-refractivity contribution in [2.45, 2.75) is 33.6 Å². The van der Waals surface area contributed by atoms with E-state index in [0.29, 0.717) is 35.5 Å². The molecule has 1 aliphatic rings. The van der Waals surface area contributed by atoms with E-state index < -0.39 is 0 Å². The third kappa shape index (κ3) is 4.41. The van der Waals surface area contributed by atoms with Crippen LogP contribution in [0.1, 0.15) is 32.3 Å². The number of ether oxygens (including phenoxy) is 1. The molecule has 1 aromatic rings. The molecule has 0 radical (unpaired) electrons. The Bertz CT molecular complexity index is 631. The summed E-state index contributed by atoms with van der Waals surface area (Å²) in [4.78, 5) is 26.4. The van der Waals surface area contributed by atoms with Crippen molar-refractivity contribution in [1.29, 1.82) is 0 Å². The quantitative estimate of drug-likeness (QED) is 0.852. The standard InChI is InChI=1S/C18H25ClN2O3/c1-11(2)5-6-21-10-13(8-17(21)22)18(23)20-15-7-12(3)14(19)9-16(15)24-4/h7,9,11,13H,5-6,8,10H2,1-4H3,(H,20,23). The van der Waals surface area contributed by atoms with Crippen LogP contribution >= 0.6 is 11.6 Å². The number of aryl methyl sites for hydroxylation is 1. The number of halogens is 1. The smallest absolute Gasteiger partial charge is 0.229 e. The molecule has 1 fully saturated rings. The molecular weight excluding hydrogens is 328 g/mol. The van der Waals surface area contributed by atoms with Crippen molar-refractivity contribution in [3.05, 3.63) is 22.7 Å². The lowest BCUT2D eigenvalue weighted by Gasteiger charge is -2.18. The third-order valence-corrected chi connectivity index (χ3v) is 4.71. The summed E-state index contributed by atoms with van der Waals surface area (Å²) in [7, 11) is 1.53. The van der Waals surface area contributed by atoms with Crippen LogP contribution in [-0.2, 0) is 9.59 Å². The summed E-state index contributed by atoms with van der Waals surface area (Å²) in [5, 5.41) is 3.46. The van der Waals surface area contributed by atoms with Crippen molar-refractivity contribution in [3.63, 3.8) is 0 Å². The maximum atomic E-state index is 12.5. The predicted molar refractivity (Wildman–Crippen MR) is 95.5 cm³/mol. The molecule has 0 aliphatic carbocycles. The van der Waals surface area contributed by atoms with E-state index in [1.807, 2.05) is 6.92 Å². The number of rotatable bonds is 6. The summed E-state index contributed by atoms with van der Waals surface area (Å²) in [5.74, 6) is 0.614. The van der Waals surface area contributed by atoms with Gasteiger partial charge < -0.3 is 15.0 Å². The molecule has 132 valence electrons. The van der Waals surface area contributed by atoms with Crippen molar-refractivity contribution < 1.29 is 14.3 Å². The SMILES string of the molecule is COc1cc(Cl)c(C)cc1NC(=O)C1CC(=O)N(CCC(C)C)C1. The van der Waals surface area contributed by atoms with Crippen molar-refractivity contribution in [1.82, 2.24) is 4.90 Å². The summed E-state index contributed by atoms with van der Waals surface area (Å²) in [6, 6.07) is 3.47. The Morgan fingerprint density at radius 3 is 2.79 bits per heavy atom. The average Bonchev–Trinajstić information content (AvgIpc) is 2.89. The van der Waals surface area contributed by atoms with Gasteiger partial charge in [0.05, 0.1) is 18.7 Å². The Labute approximate surface area is 148 Å². The van der Waals surface area contributed by atoms with E-state index in [-0.39, 0.29) is 24.2 Å². The van der Waals surface area contributed by atoms with Gasteiger partial charge in [0.25, 0.3) is 0 Å². The Balaban J connectivity index is 2.03. The minimum atomic E-state index is -0.328. The van der Waals surface area contributed by atoms with E-state index in [1.54, 1.807) is 17.0 Å². The number of amides is 2. The second kappa shape index (κ2) is 7.88. The van der Waals surface area contributed by atoms with Gasteiger partial charge in [0.15, 0.2) is 0 Å². The first-order chi connectivity index (χ1) is 11.3. The summed E-state index contributed by atoms with van der Waals surface area (Å²) in [6.07, 6.45) is 1.21. The van der Waals surface area contributed by atoms with Crippen molar-refractivity contribution in [2.24, 2.45) is 11.8 Å². The Hall–Kier alpha value is -1.75. The number of methoxy groups -OCH3 is 1. The molecule has 1 saturated heterocycles. The highest BCUT2D eigenvalue weighted by atomic mass is 35.5. The summed E-state index contributed by atoms with van der Waals surface area (Å²) in [6.45, 7) is 7.31. The van der Waals surface area contributed by atoms with Gasteiger partial charge in [-0.25, -0.2) is 0 Å². The number of nitrogens with one attached hydrogen (secondary N) is 1. The molecule has 1 atom stereocenters.